The molecule has 1 aromatic rings. The Morgan fingerprint density at radius 2 is 1.93 bits per heavy atom. The summed E-state index contributed by atoms with van der Waals surface area (Å²) in [5.41, 5.74) is 6.96. The molecule has 7 heteroatoms. The van der Waals surface area contributed by atoms with Crippen molar-refractivity contribution in [3.63, 3.8) is 0 Å². The molecule has 2 rings (SSSR count). The van der Waals surface area contributed by atoms with Crippen molar-refractivity contribution in [1.82, 2.24) is 15.5 Å². The first kappa shape index (κ1) is 21.6. The molecular weight excluding hydrogens is 356 g/mol. The van der Waals surface area contributed by atoms with Crippen molar-refractivity contribution in [1.29, 1.82) is 0 Å². The number of piperidine rings is 1. The summed E-state index contributed by atoms with van der Waals surface area (Å²) in [7, 11) is 0. The minimum absolute atomic E-state index is 0.0299. The fraction of sp³-hybridized carbons (Fsp3) is 0.524. The van der Waals surface area contributed by atoms with Crippen LogP contribution in [-0.4, -0.2) is 48.1 Å². The van der Waals surface area contributed by atoms with E-state index in [1.54, 1.807) is 0 Å². The molecule has 0 atom stereocenters. The van der Waals surface area contributed by atoms with E-state index in [0.717, 1.165) is 62.5 Å². The number of amides is 3. The Morgan fingerprint density at radius 1 is 1.21 bits per heavy atom. The minimum atomic E-state index is -0.309. The van der Waals surface area contributed by atoms with Crippen molar-refractivity contribution in [3.8, 4) is 0 Å². The first-order valence-corrected chi connectivity index (χ1v) is 9.97. The largest absolute Gasteiger partial charge is 0.509 e. The molecule has 1 heterocycles. The second-order valence-electron chi connectivity index (χ2n) is 7.31. The molecule has 5 N–H and O–H groups in total. The van der Waals surface area contributed by atoms with Gasteiger partial charge in [-0.25, -0.2) is 4.79 Å². The van der Waals surface area contributed by atoms with E-state index < -0.39 is 0 Å². The van der Waals surface area contributed by atoms with E-state index in [1.807, 2.05) is 36.1 Å². The van der Waals surface area contributed by atoms with Crippen LogP contribution < -0.4 is 16.4 Å². The second kappa shape index (κ2) is 11.2. The van der Waals surface area contributed by atoms with Gasteiger partial charge in [0.25, 0.3) is 5.91 Å². The Bertz CT molecular complexity index is 682. The van der Waals surface area contributed by atoms with Crippen LogP contribution in [0.15, 0.2) is 36.2 Å². The molecular formula is C21H32N4O3. The third kappa shape index (κ3) is 6.79. The number of carbonyl (C=O) groups excluding carboxylic acids is 2. The van der Waals surface area contributed by atoms with E-state index in [2.05, 4.69) is 10.6 Å². The van der Waals surface area contributed by atoms with Gasteiger partial charge in [-0.1, -0.05) is 31.0 Å². The van der Waals surface area contributed by atoms with Crippen molar-refractivity contribution in [2.24, 2.45) is 11.7 Å². The molecule has 0 saturated carbocycles. The fourth-order valence-electron chi connectivity index (χ4n) is 3.46. The lowest BCUT2D eigenvalue weighted by atomic mass is 9.91. The molecule has 3 amide bonds. The van der Waals surface area contributed by atoms with Crippen LogP contribution in [0.3, 0.4) is 0 Å². The van der Waals surface area contributed by atoms with Crippen molar-refractivity contribution in [3.05, 3.63) is 47.4 Å². The number of carbonyl (C=O) groups is 2. The summed E-state index contributed by atoms with van der Waals surface area (Å²) in [4.78, 5) is 26.2. The molecule has 7 nitrogen and oxygen atoms in total. The number of hydrogen-bond acceptors (Lipinski definition) is 4. The van der Waals surface area contributed by atoms with Crippen LogP contribution in [0.4, 0.5) is 4.79 Å². The van der Waals surface area contributed by atoms with Gasteiger partial charge in [-0.2, -0.15) is 0 Å². The quantitative estimate of drug-likeness (QED) is 0.406. The second-order valence-corrected chi connectivity index (χ2v) is 7.31. The molecule has 0 unspecified atom stereocenters. The predicted molar refractivity (Wildman–Crippen MR) is 110 cm³/mol. The molecule has 0 aliphatic carbocycles. The summed E-state index contributed by atoms with van der Waals surface area (Å²) in [5.74, 6) is 0.714. The number of urea groups is 1. The molecule has 28 heavy (non-hydrogen) atoms. The highest BCUT2D eigenvalue weighted by Crippen LogP contribution is 2.24. The highest BCUT2D eigenvalue weighted by atomic mass is 16.3. The Labute approximate surface area is 167 Å². The SMILES string of the molecule is Cc1ccccc1C(=O)N1CCC(CCCCNC(=O)NC/C(O)=C/N)CC1. The summed E-state index contributed by atoms with van der Waals surface area (Å²) >= 11 is 0. The molecule has 1 saturated heterocycles. The summed E-state index contributed by atoms with van der Waals surface area (Å²) in [6.45, 7) is 4.24. The van der Waals surface area contributed by atoms with Gasteiger partial charge in [0, 0.05) is 31.4 Å². The van der Waals surface area contributed by atoms with Crippen LogP contribution in [0.5, 0.6) is 0 Å². The number of aryl methyl sites for hydroxylation is 1. The topological polar surface area (TPSA) is 108 Å². The van der Waals surface area contributed by atoms with Gasteiger partial charge in [-0.3, -0.25) is 4.79 Å². The fourth-order valence-corrected chi connectivity index (χ4v) is 3.46. The molecule has 0 spiro atoms. The molecule has 1 aliphatic rings. The van der Waals surface area contributed by atoms with E-state index in [1.165, 1.54) is 0 Å². The maximum atomic E-state index is 12.7. The zero-order chi connectivity index (χ0) is 20.4. The van der Waals surface area contributed by atoms with Crippen molar-refractivity contribution in [2.45, 2.75) is 39.0 Å². The Hall–Kier alpha value is -2.70. The summed E-state index contributed by atoms with van der Waals surface area (Å²) < 4.78 is 0. The lowest BCUT2D eigenvalue weighted by Crippen LogP contribution is -2.39. The maximum Gasteiger partial charge on any atom is 0.315 e. The summed E-state index contributed by atoms with van der Waals surface area (Å²) in [5, 5.41) is 14.4. The highest BCUT2D eigenvalue weighted by Gasteiger charge is 2.24. The summed E-state index contributed by atoms with van der Waals surface area (Å²) in [6, 6.07) is 7.44. The van der Waals surface area contributed by atoms with Gasteiger partial charge in [0.05, 0.1) is 6.54 Å². The van der Waals surface area contributed by atoms with Crippen LogP contribution >= 0.6 is 0 Å². The number of likely N-dealkylation sites (tertiary alicyclic amines) is 1. The molecule has 0 bridgehead atoms. The van der Waals surface area contributed by atoms with Gasteiger partial charge >= 0.3 is 6.03 Å². The number of rotatable bonds is 8. The van der Waals surface area contributed by atoms with E-state index in [-0.39, 0.29) is 24.2 Å². The zero-order valence-corrected chi connectivity index (χ0v) is 16.6. The van der Waals surface area contributed by atoms with E-state index in [4.69, 9.17) is 10.8 Å². The standard InChI is InChI=1S/C21H32N4O3/c1-16-6-2-3-8-19(16)20(27)25-12-9-17(10-13-25)7-4-5-11-23-21(28)24-15-18(26)14-22/h2-3,6,8,14,17,26H,4-5,7,9-13,15,22H2,1H3,(H2,23,24,28)/b18-14-. The zero-order valence-electron chi connectivity index (χ0n) is 16.6. The number of benzene rings is 1. The van der Waals surface area contributed by atoms with Crippen LogP contribution in [0.1, 0.15) is 48.0 Å². The van der Waals surface area contributed by atoms with E-state index in [9.17, 15) is 9.59 Å². The monoisotopic (exact) mass is 388 g/mol. The van der Waals surface area contributed by atoms with Gasteiger partial charge in [-0.05, 0) is 43.7 Å². The number of aliphatic hydroxyl groups excluding tert-OH is 1. The van der Waals surface area contributed by atoms with Gasteiger partial charge in [0.15, 0.2) is 0 Å². The number of hydrogen-bond donors (Lipinski definition) is 4. The van der Waals surface area contributed by atoms with Crippen molar-refractivity contribution in [2.75, 3.05) is 26.2 Å². The number of nitrogens with zero attached hydrogens (tertiary/aromatic N) is 1. The number of nitrogens with two attached hydrogens (primary N) is 1. The van der Waals surface area contributed by atoms with Gasteiger partial charge in [0.1, 0.15) is 5.76 Å². The van der Waals surface area contributed by atoms with Crippen molar-refractivity contribution < 1.29 is 14.7 Å². The average molecular weight is 389 g/mol. The predicted octanol–water partition coefficient (Wildman–Crippen LogP) is 2.67. The van der Waals surface area contributed by atoms with E-state index in [0.29, 0.717) is 12.5 Å². The number of nitrogens with one attached hydrogen (secondary N) is 2. The van der Waals surface area contributed by atoms with E-state index >= 15 is 0 Å². The normalized spacial score (nSPS) is 15.3. The molecule has 0 aromatic heterocycles. The number of aliphatic hydroxyl groups is 1. The van der Waals surface area contributed by atoms with Crippen LogP contribution in [-0.2, 0) is 0 Å². The van der Waals surface area contributed by atoms with Crippen LogP contribution in [0.2, 0.25) is 0 Å². The smallest absolute Gasteiger partial charge is 0.315 e. The van der Waals surface area contributed by atoms with Crippen LogP contribution in [0.25, 0.3) is 0 Å². The van der Waals surface area contributed by atoms with Gasteiger partial charge in [-0.15, -0.1) is 0 Å². The van der Waals surface area contributed by atoms with Gasteiger partial charge in [0.2, 0.25) is 0 Å². The Morgan fingerprint density at radius 3 is 2.61 bits per heavy atom. The average Bonchev–Trinajstić information content (AvgIpc) is 2.72. The Kier molecular flexibility index (Phi) is 8.65. The minimum Gasteiger partial charge on any atom is -0.509 e. The highest BCUT2D eigenvalue weighted by molar-refractivity contribution is 5.95. The van der Waals surface area contributed by atoms with Gasteiger partial charge < -0.3 is 26.4 Å². The van der Waals surface area contributed by atoms with Crippen LogP contribution in [0, 0.1) is 12.8 Å². The molecule has 1 aromatic carbocycles. The third-order valence-corrected chi connectivity index (χ3v) is 5.22. The maximum absolute atomic E-state index is 12.7. The molecule has 1 fully saturated rings. The molecule has 154 valence electrons. The first-order chi connectivity index (χ1) is 13.5. The molecule has 1 aliphatic heterocycles. The molecule has 0 radical (unpaired) electrons. The lowest BCUT2D eigenvalue weighted by molar-refractivity contribution is 0.0685. The number of unbranched alkanes of at least 4 members (excludes halogenated alkanes) is 1. The summed E-state index contributed by atoms with van der Waals surface area (Å²) in [6.07, 6.45) is 6.21. The Balaban J connectivity index is 1.59. The van der Waals surface area contributed by atoms with Crippen molar-refractivity contribution >= 4 is 11.9 Å². The first-order valence-electron chi connectivity index (χ1n) is 9.97. The third-order valence-electron chi connectivity index (χ3n) is 5.22. The lowest BCUT2D eigenvalue weighted by Gasteiger charge is -2.32.